The molecule has 2 N–H and O–H groups in total. The zero-order valence-corrected chi connectivity index (χ0v) is 11.8. The van der Waals surface area contributed by atoms with Crippen molar-refractivity contribution in [3.63, 3.8) is 0 Å². The first-order valence-electron chi connectivity index (χ1n) is 6.50. The Hall–Kier alpha value is -1.14. The predicted octanol–water partition coefficient (Wildman–Crippen LogP) is 1.88. The monoisotopic (exact) mass is 301 g/mol. The first kappa shape index (κ1) is 15.3. The minimum Gasteiger partial charge on any atom is -0.388 e. The smallest absolute Gasteiger partial charge is 0.224 e. The molecule has 0 saturated carbocycles. The number of benzene rings is 1. The van der Waals surface area contributed by atoms with Crippen LogP contribution in [0.15, 0.2) is 18.2 Å². The molecule has 6 heteroatoms. The number of carbonyl (C=O) groups is 1. The number of thioether (sulfide) groups is 1. The second-order valence-electron chi connectivity index (χ2n) is 5.00. The Labute approximate surface area is 120 Å². The van der Waals surface area contributed by atoms with Crippen LogP contribution in [0.5, 0.6) is 0 Å². The molecule has 0 bridgehead atoms. The molecule has 1 aromatic rings. The number of aliphatic hydroxyl groups is 1. The summed E-state index contributed by atoms with van der Waals surface area (Å²) < 4.78 is 26.4. The number of hydrogen-bond donors (Lipinski definition) is 2. The molecular formula is C14H17F2NO2S. The van der Waals surface area contributed by atoms with Crippen LogP contribution in [0.3, 0.4) is 0 Å². The van der Waals surface area contributed by atoms with Crippen LogP contribution in [0.1, 0.15) is 18.4 Å². The summed E-state index contributed by atoms with van der Waals surface area (Å²) in [6.45, 7) is 0.156. The van der Waals surface area contributed by atoms with Gasteiger partial charge >= 0.3 is 0 Å². The van der Waals surface area contributed by atoms with Crippen molar-refractivity contribution in [1.82, 2.24) is 5.32 Å². The molecule has 1 saturated heterocycles. The molecule has 1 heterocycles. The highest BCUT2D eigenvalue weighted by Gasteiger charge is 2.29. The van der Waals surface area contributed by atoms with E-state index in [-0.39, 0.29) is 18.5 Å². The van der Waals surface area contributed by atoms with Gasteiger partial charge in [-0.1, -0.05) is 12.1 Å². The van der Waals surface area contributed by atoms with Gasteiger partial charge in [0.25, 0.3) is 0 Å². The van der Waals surface area contributed by atoms with Gasteiger partial charge in [-0.25, -0.2) is 8.78 Å². The van der Waals surface area contributed by atoms with Gasteiger partial charge in [-0.2, -0.15) is 11.8 Å². The summed E-state index contributed by atoms with van der Waals surface area (Å²) in [5, 5.41) is 12.8. The van der Waals surface area contributed by atoms with Crippen LogP contribution in [-0.2, 0) is 11.2 Å². The number of nitrogens with one attached hydrogen (secondary N) is 1. The fraction of sp³-hybridized carbons (Fsp3) is 0.500. The molecule has 1 fully saturated rings. The largest absolute Gasteiger partial charge is 0.388 e. The normalized spacial score (nSPS) is 17.8. The van der Waals surface area contributed by atoms with Gasteiger partial charge in [0.1, 0.15) is 0 Å². The highest BCUT2D eigenvalue weighted by Crippen LogP contribution is 2.26. The molecule has 1 aliphatic rings. The van der Waals surface area contributed by atoms with Gasteiger partial charge in [-0.15, -0.1) is 0 Å². The van der Waals surface area contributed by atoms with Crippen molar-refractivity contribution in [2.75, 3.05) is 18.1 Å². The molecule has 20 heavy (non-hydrogen) atoms. The van der Waals surface area contributed by atoms with Crippen molar-refractivity contribution in [2.45, 2.75) is 24.9 Å². The molecule has 3 nitrogen and oxygen atoms in total. The molecule has 2 rings (SSSR count). The Morgan fingerprint density at radius 2 is 2.05 bits per heavy atom. The molecule has 1 aromatic carbocycles. The standard InChI is InChI=1S/C14H17F2NO2S/c15-11-3-1-2-10(13(11)16)8-12(18)17-9-14(19)4-6-20-7-5-14/h1-3,19H,4-9H2,(H,17,18). The van der Waals surface area contributed by atoms with Crippen LogP contribution in [0.4, 0.5) is 8.78 Å². The van der Waals surface area contributed by atoms with Gasteiger partial charge in [-0.3, -0.25) is 4.79 Å². The van der Waals surface area contributed by atoms with E-state index in [9.17, 15) is 18.7 Å². The highest BCUT2D eigenvalue weighted by molar-refractivity contribution is 7.99. The molecule has 0 aliphatic carbocycles. The number of rotatable bonds is 4. The number of halogens is 2. The Bertz CT molecular complexity index is 490. The zero-order valence-electron chi connectivity index (χ0n) is 11.0. The van der Waals surface area contributed by atoms with Gasteiger partial charge < -0.3 is 10.4 Å². The zero-order chi connectivity index (χ0) is 14.6. The summed E-state index contributed by atoms with van der Waals surface area (Å²) in [6, 6.07) is 3.76. The molecular weight excluding hydrogens is 284 g/mol. The van der Waals surface area contributed by atoms with E-state index in [1.54, 1.807) is 11.8 Å². The second kappa shape index (κ2) is 6.54. The van der Waals surface area contributed by atoms with Crippen molar-refractivity contribution in [1.29, 1.82) is 0 Å². The summed E-state index contributed by atoms with van der Waals surface area (Å²) in [5.41, 5.74) is -0.852. The van der Waals surface area contributed by atoms with Crippen LogP contribution in [-0.4, -0.2) is 34.7 Å². The van der Waals surface area contributed by atoms with Gasteiger partial charge in [-0.05, 0) is 30.4 Å². The molecule has 110 valence electrons. The lowest BCUT2D eigenvalue weighted by Crippen LogP contribution is -2.45. The quantitative estimate of drug-likeness (QED) is 0.893. The van der Waals surface area contributed by atoms with E-state index >= 15 is 0 Å². The summed E-state index contributed by atoms with van der Waals surface area (Å²) in [5.74, 6) is -0.634. The molecule has 0 unspecified atom stereocenters. The lowest BCUT2D eigenvalue weighted by molar-refractivity contribution is -0.121. The summed E-state index contributed by atoms with van der Waals surface area (Å²) in [6.07, 6.45) is 1.03. The number of amides is 1. The van der Waals surface area contributed by atoms with Crippen molar-refractivity contribution < 1.29 is 18.7 Å². The first-order valence-corrected chi connectivity index (χ1v) is 7.65. The minimum atomic E-state index is -0.990. The molecule has 0 atom stereocenters. The van der Waals surface area contributed by atoms with E-state index in [4.69, 9.17) is 0 Å². The highest BCUT2D eigenvalue weighted by atomic mass is 32.2. The molecule has 0 spiro atoms. The predicted molar refractivity (Wildman–Crippen MR) is 74.6 cm³/mol. The van der Waals surface area contributed by atoms with E-state index in [2.05, 4.69) is 5.32 Å². The fourth-order valence-electron chi connectivity index (χ4n) is 2.11. The Balaban J connectivity index is 1.88. The minimum absolute atomic E-state index is 0.0219. The lowest BCUT2D eigenvalue weighted by Gasteiger charge is -2.31. The average molecular weight is 301 g/mol. The summed E-state index contributed by atoms with van der Waals surface area (Å²) in [7, 11) is 0. The molecule has 0 radical (unpaired) electrons. The Morgan fingerprint density at radius 3 is 2.75 bits per heavy atom. The second-order valence-corrected chi connectivity index (χ2v) is 6.23. The third-order valence-corrected chi connectivity index (χ3v) is 4.41. The third-order valence-electron chi connectivity index (χ3n) is 3.42. The van der Waals surface area contributed by atoms with Crippen LogP contribution < -0.4 is 5.32 Å². The van der Waals surface area contributed by atoms with Crippen LogP contribution in [0.2, 0.25) is 0 Å². The molecule has 0 aromatic heterocycles. The maximum atomic E-state index is 13.4. The van der Waals surface area contributed by atoms with Gasteiger partial charge in [0.05, 0.1) is 12.0 Å². The van der Waals surface area contributed by atoms with Crippen LogP contribution in [0.25, 0.3) is 0 Å². The maximum Gasteiger partial charge on any atom is 0.224 e. The van der Waals surface area contributed by atoms with Crippen LogP contribution >= 0.6 is 11.8 Å². The fourth-order valence-corrected chi connectivity index (χ4v) is 3.36. The Kier molecular flexibility index (Phi) is 4.99. The van der Waals surface area contributed by atoms with E-state index in [0.29, 0.717) is 12.8 Å². The van der Waals surface area contributed by atoms with E-state index < -0.39 is 23.1 Å². The summed E-state index contributed by atoms with van der Waals surface area (Å²) >= 11 is 1.77. The van der Waals surface area contributed by atoms with Crippen molar-refractivity contribution in [3.8, 4) is 0 Å². The van der Waals surface area contributed by atoms with E-state index in [1.807, 2.05) is 0 Å². The molecule has 1 aliphatic heterocycles. The SMILES string of the molecule is O=C(Cc1cccc(F)c1F)NCC1(O)CCSCC1. The number of hydrogen-bond acceptors (Lipinski definition) is 3. The van der Waals surface area contributed by atoms with Crippen molar-refractivity contribution >= 4 is 17.7 Å². The van der Waals surface area contributed by atoms with Crippen LogP contribution in [0, 0.1) is 11.6 Å². The first-order chi connectivity index (χ1) is 9.50. The van der Waals surface area contributed by atoms with E-state index in [1.165, 1.54) is 12.1 Å². The average Bonchev–Trinajstić information content (AvgIpc) is 2.43. The topological polar surface area (TPSA) is 49.3 Å². The number of carbonyl (C=O) groups excluding carboxylic acids is 1. The van der Waals surface area contributed by atoms with Gasteiger partial charge in [0.15, 0.2) is 11.6 Å². The third kappa shape index (κ3) is 3.93. The van der Waals surface area contributed by atoms with E-state index in [0.717, 1.165) is 17.6 Å². The maximum absolute atomic E-state index is 13.4. The van der Waals surface area contributed by atoms with Crippen molar-refractivity contribution in [2.24, 2.45) is 0 Å². The summed E-state index contributed by atoms with van der Waals surface area (Å²) in [4.78, 5) is 11.7. The Morgan fingerprint density at radius 1 is 1.35 bits per heavy atom. The van der Waals surface area contributed by atoms with Crippen molar-refractivity contribution in [3.05, 3.63) is 35.4 Å². The molecule has 1 amide bonds. The lowest BCUT2D eigenvalue weighted by atomic mass is 9.97. The van der Waals surface area contributed by atoms with Gasteiger partial charge in [0, 0.05) is 12.1 Å². The van der Waals surface area contributed by atoms with Gasteiger partial charge in [0.2, 0.25) is 5.91 Å².